The minimum absolute atomic E-state index is 0.404. The molecule has 0 amide bonds. The molecule has 0 saturated heterocycles. The first-order valence-corrected chi connectivity index (χ1v) is 10.5. The summed E-state index contributed by atoms with van der Waals surface area (Å²) in [4.78, 5) is 0. The molecule has 0 aromatic heterocycles. The molecule has 6 N–H and O–H groups in total. The first-order chi connectivity index (χ1) is 18.1. The highest BCUT2D eigenvalue weighted by molar-refractivity contribution is 5.31. The second-order valence-corrected chi connectivity index (χ2v) is 8.02. The van der Waals surface area contributed by atoms with Crippen LogP contribution in [0.2, 0.25) is 0 Å². The molecule has 0 radical (unpaired) electrons. The van der Waals surface area contributed by atoms with E-state index in [0.29, 0.717) is 6.08 Å². The van der Waals surface area contributed by atoms with E-state index in [1.54, 1.807) is 0 Å². The van der Waals surface area contributed by atoms with E-state index in [0.717, 1.165) is 0 Å². The molecular weight excluding hydrogens is 562 g/mol. The summed E-state index contributed by atoms with van der Waals surface area (Å²) in [6.45, 7) is -1.17. The van der Waals surface area contributed by atoms with Crippen molar-refractivity contribution in [2.24, 2.45) is 0 Å². The van der Waals surface area contributed by atoms with Gasteiger partial charge in [-0.2, -0.15) is 0 Å². The van der Waals surface area contributed by atoms with E-state index >= 15 is 0 Å². The Labute approximate surface area is 212 Å². The summed E-state index contributed by atoms with van der Waals surface area (Å²) in [7, 11) is 0. The second-order valence-electron chi connectivity index (χ2n) is 8.02. The molecule has 0 heterocycles. The molecule has 2 aromatic rings. The van der Waals surface area contributed by atoms with Crippen LogP contribution in [-0.4, -0.2) is 67.8 Å². The van der Waals surface area contributed by atoms with Crippen LogP contribution in [0.15, 0.2) is 17.4 Å². The number of rotatable bonds is 10. The van der Waals surface area contributed by atoms with Crippen molar-refractivity contribution in [1.29, 1.82) is 0 Å². The molecule has 0 bridgehead atoms. The number of aliphatic hydroxyl groups excluding tert-OH is 6. The first-order valence-electron chi connectivity index (χ1n) is 10.5. The highest BCUT2D eigenvalue weighted by atomic mass is 19.2. The van der Waals surface area contributed by atoms with E-state index in [-0.39, 0.29) is 0 Å². The van der Waals surface area contributed by atoms with Crippen LogP contribution >= 0.6 is 0 Å². The van der Waals surface area contributed by atoms with Gasteiger partial charge in [0.25, 0.3) is 0 Å². The van der Waals surface area contributed by atoms with Crippen molar-refractivity contribution in [3.63, 3.8) is 0 Å². The van der Waals surface area contributed by atoms with E-state index in [1.807, 2.05) is 5.73 Å². The van der Waals surface area contributed by atoms with Crippen LogP contribution in [0.25, 0.3) is 0 Å². The van der Waals surface area contributed by atoms with Gasteiger partial charge in [0.2, 0.25) is 11.6 Å². The van der Waals surface area contributed by atoms with Crippen molar-refractivity contribution in [2.75, 3.05) is 6.61 Å². The Morgan fingerprint density at radius 2 is 0.949 bits per heavy atom. The Bertz CT molecular complexity index is 1240. The van der Waals surface area contributed by atoms with Crippen LogP contribution in [-0.2, 0) is 12.8 Å². The molecule has 216 valence electrons. The van der Waals surface area contributed by atoms with E-state index in [2.05, 4.69) is 0 Å². The van der Waals surface area contributed by atoms with E-state index in [4.69, 9.17) is 5.11 Å². The van der Waals surface area contributed by atoms with Crippen molar-refractivity contribution >= 4 is 0 Å². The SMILES string of the molecule is OC[C@H](O)[C@@H](O)[C@H](O)[C@H](O)C(O)C(=C=CCc1c(F)c(F)c(F)c(F)c1F)Cc1c(F)c(F)c(F)c(F)c1F. The number of benzene rings is 2. The van der Waals surface area contributed by atoms with Gasteiger partial charge in [0.1, 0.15) is 30.5 Å². The maximum Gasteiger partial charge on any atom is 0.200 e. The van der Waals surface area contributed by atoms with E-state index in [9.17, 15) is 69.4 Å². The number of halogens is 10. The van der Waals surface area contributed by atoms with Crippen molar-refractivity contribution in [1.82, 2.24) is 0 Å². The normalized spacial score (nSPS) is 15.4. The third kappa shape index (κ3) is 6.44. The van der Waals surface area contributed by atoms with Crippen LogP contribution in [0.4, 0.5) is 43.9 Å². The molecule has 16 heteroatoms. The molecular formula is C23H18F10O6. The molecule has 2 aromatic carbocycles. The molecule has 2 rings (SSSR count). The van der Waals surface area contributed by atoms with Gasteiger partial charge >= 0.3 is 0 Å². The number of aliphatic hydroxyl groups is 6. The fraction of sp³-hybridized carbons (Fsp3) is 0.348. The summed E-state index contributed by atoms with van der Waals surface area (Å²) in [5, 5.41) is 58.5. The average Bonchev–Trinajstić information content (AvgIpc) is 2.93. The van der Waals surface area contributed by atoms with Gasteiger partial charge in [-0.3, -0.25) is 0 Å². The van der Waals surface area contributed by atoms with Crippen LogP contribution in [0.5, 0.6) is 0 Å². The minimum atomic E-state index is -2.64. The van der Waals surface area contributed by atoms with E-state index in [1.165, 1.54) is 0 Å². The van der Waals surface area contributed by atoms with E-state index < -0.39 is 125 Å². The lowest BCUT2D eigenvalue weighted by atomic mass is 9.91. The number of hydrogen-bond donors (Lipinski definition) is 6. The summed E-state index contributed by atoms with van der Waals surface area (Å²) in [6, 6.07) is 0. The van der Waals surface area contributed by atoms with Crippen LogP contribution in [0.1, 0.15) is 11.1 Å². The third-order valence-corrected chi connectivity index (χ3v) is 5.52. The molecule has 0 aliphatic rings. The molecule has 39 heavy (non-hydrogen) atoms. The Morgan fingerprint density at radius 1 is 0.564 bits per heavy atom. The standard InChI is InChI=1S/C23H18F10O6/c24-10-7(11(25)15(29)18(32)14(10)28)3-1-2-6(20(36)22(38)23(39)21(37)9(35)5-34)4-8-12(26)16(30)19(33)17(31)13(8)27/h1,9,20-23,34-39H,3-5H2/t2?,9-,20?,21+,22+,23-/m0/s1. The van der Waals surface area contributed by atoms with Gasteiger partial charge in [-0.1, -0.05) is 0 Å². The third-order valence-electron chi connectivity index (χ3n) is 5.52. The van der Waals surface area contributed by atoms with Gasteiger partial charge in [-0.15, -0.1) is 5.73 Å². The number of hydrogen-bond acceptors (Lipinski definition) is 6. The van der Waals surface area contributed by atoms with Crippen LogP contribution in [0.3, 0.4) is 0 Å². The van der Waals surface area contributed by atoms with Gasteiger partial charge in [0, 0.05) is 29.5 Å². The average molecular weight is 580 g/mol. The minimum Gasteiger partial charge on any atom is -0.394 e. The molecule has 5 atom stereocenters. The molecule has 0 aliphatic heterocycles. The topological polar surface area (TPSA) is 121 Å². The van der Waals surface area contributed by atoms with Gasteiger partial charge in [-0.05, 0) is 6.08 Å². The maximum absolute atomic E-state index is 14.2. The quantitative estimate of drug-likeness (QED) is 0.110. The Kier molecular flexibility index (Phi) is 10.7. The second kappa shape index (κ2) is 12.9. The van der Waals surface area contributed by atoms with Gasteiger partial charge < -0.3 is 30.6 Å². The molecule has 0 spiro atoms. The lowest BCUT2D eigenvalue weighted by molar-refractivity contribution is -0.134. The zero-order chi connectivity index (χ0) is 29.9. The zero-order valence-electron chi connectivity index (χ0n) is 19.0. The Balaban J connectivity index is 2.64. The summed E-state index contributed by atoms with van der Waals surface area (Å²) >= 11 is 0. The summed E-state index contributed by atoms with van der Waals surface area (Å²) in [5.41, 5.74) is -2.28. The van der Waals surface area contributed by atoms with Crippen molar-refractivity contribution in [3.05, 3.63) is 86.7 Å². The van der Waals surface area contributed by atoms with Crippen LogP contribution < -0.4 is 0 Å². The van der Waals surface area contributed by atoms with Crippen molar-refractivity contribution in [2.45, 2.75) is 43.4 Å². The summed E-state index contributed by atoms with van der Waals surface area (Å²) in [6.07, 6.45) is -14.6. The summed E-state index contributed by atoms with van der Waals surface area (Å²) in [5.74, 6) is -24.0. The predicted octanol–water partition coefficient (Wildman–Crippen LogP) is 1.74. The van der Waals surface area contributed by atoms with Gasteiger partial charge in [0.15, 0.2) is 46.5 Å². The van der Waals surface area contributed by atoms with Crippen molar-refractivity contribution < 1.29 is 74.5 Å². The predicted molar refractivity (Wildman–Crippen MR) is 109 cm³/mol. The zero-order valence-corrected chi connectivity index (χ0v) is 19.0. The smallest absolute Gasteiger partial charge is 0.200 e. The summed E-state index contributed by atoms with van der Waals surface area (Å²) < 4.78 is 137. The lowest BCUT2D eigenvalue weighted by Crippen LogP contribution is -2.50. The maximum atomic E-state index is 14.2. The molecule has 0 fully saturated rings. The Morgan fingerprint density at radius 3 is 1.36 bits per heavy atom. The van der Waals surface area contributed by atoms with Crippen LogP contribution in [0, 0.1) is 58.2 Å². The van der Waals surface area contributed by atoms with Gasteiger partial charge in [-0.25, -0.2) is 43.9 Å². The molecule has 6 nitrogen and oxygen atoms in total. The highest BCUT2D eigenvalue weighted by Crippen LogP contribution is 2.28. The fourth-order valence-electron chi connectivity index (χ4n) is 3.28. The molecule has 0 aliphatic carbocycles. The fourth-order valence-corrected chi connectivity index (χ4v) is 3.28. The largest absolute Gasteiger partial charge is 0.394 e. The monoisotopic (exact) mass is 580 g/mol. The first kappa shape index (κ1) is 32.2. The van der Waals surface area contributed by atoms with Crippen molar-refractivity contribution in [3.8, 4) is 0 Å². The van der Waals surface area contributed by atoms with Gasteiger partial charge in [0.05, 0.1) is 6.61 Å². The molecule has 1 unspecified atom stereocenters. The lowest BCUT2D eigenvalue weighted by Gasteiger charge is -2.29. The molecule has 0 saturated carbocycles. The highest BCUT2D eigenvalue weighted by Gasteiger charge is 2.36. The Hall–Kier alpha value is -2.98.